The predicted molar refractivity (Wildman–Crippen MR) is 131 cm³/mol. The van der Waals surface area contributed by atoms with Crippen LogP contribution < -0.4 is 10.9 Å². The van der Waals surface area contributed by atoms with Crippen LogP contribution in [0.1, 0.15) is 44.0 Å². The Morgan fingerprint density at radius 3 is 2.56 bits per heavy atom. The second kappa shape index (κ2) is 9.22. The van der Waals surface area contributed by atoms with Gasteiger partial charge in [0.2, 0.25) is 5.88 Å². The number of sulfone groups is 1. The Bertz CT molecular complexity index is 1620. The summed E-state index contributed by atoms with van der Waals surface area (Å²) < 4.78 is 25.4. The van der Waals surface area contributed by atoms with Crippen LogP contribution in [-0.2, 0) is 22.9 Å². The lowest BCUT2D eigenvalue weighted by molar-refractivity contribution is 0.452. The van der Waals surface area contributed by atoms with Crippen molar-refractivity contribution >= 4 is 26.8 Å². The molecule has 0 saturated heterocycles. The number of hydrogen-bond donors (Lipinski definition) is 2. The molecule has 0 aromatic carbocycles. The first kappa shape index (κ1) is 23.7. The fourth-order valence-corrected chi connectivity index (χ4v) is 4.70. The van der Waals surface area contributed by atoms with Gasteiger partial charge in [0.1, 0.15) is 17.4 Å². The third kappa shape index (κ3) is 4.37. The third-order valence-electron chi connectivity index (χ3n) is 6.02. The summed E-state index contributed by atoms with van der Waals surface area (Å²) in [6.45, 7) is 3.89. The van der Waals surface area contributed by atoms with E-state index in [2.05, 4.69) is 35.2 Å². The number of pyridine rings is 1. The van der Waals surface area contributed by atoms with Gasteiger partial charge in [-0.05, 0) is 31.9 Å². The maximum Gasteiger partial charge on any atom is 0.294 e. The molecular formula is C23H24N8O4S. The molecule has 13 heteroatoms. The van der Waals surface area contributed by atoms with Gasteiger partial charge in [0.25, 0.3) is 5.56 Å². The summed E-state index contributed by atoms with van der Waals surface area (Å²) in [5, 5.41) is 13.4. The lowest BCUT2D eigenvalue weighted by Gasteiger charge is -2.13. The van der Waals surface area contributed by atoms with Crippen molar-refractivity contribution in [3.05, 3.63) is 52.6 Å². The van der Waals surface area contributed by atoms with E-state index in [-0.39, 0.29) is 46.2 Å². The zero-order chi connectivity index (χ0) is 25.4. The molecule has 0 atom stereocenters. The summed E-state index contributed by atoms with van der Waals surface area (Å²) >= 11 is 0. The van der Waals surface area contributed by atoms with Crippen LogP contribution in [0.4, 0.5) is 5.82 Å². The van der Waals surface area contributed by atoms with E-state index in [1.54, 1.807) is 13.0 Å². The van der Waals surface area contributed by atoms with Crippen molar-refractivity contribution in [3.63, 3.8) is 0 Å². The normalized spacial score (nSPS) is 13.7. The Hall–Kier alpha value is -4.00. The van der Waals surface area contributed by atoms with Crippen LogP contribution in [-0.4, -0.2) is 53.7 Å². The number of fused-ring (bicyclic) bond motifs is 1. The molecule has 0 spiro atoms. The molecule has 1 fully saturated rings. The van der Waals surface area contributed by atoms with Gasteiger partial charge in [-0.15, -0.1) is 0 Å². The zero-order valence-corrected chi connectivity index (χ0v) is 20.5. The number of rotatable bonds is 8. The van der Waals surface area contributed by atoms with E-state index in [9.17, 15) is 18.3 Å². The Kier molecular flexibility index (Phi) is 6.08. The van der Waals surface area contributed by atoms with E-state index in [4.69, 9.17) is 0 Å². The molecule has 0 unspecified atom stereocenters. The number of hydrogen-bond acceptors (Lipinski definition) is 11. The van der Waals surface area contributed by atoms with E-state index >= 15 is 0 Å². The highest BCUT2D eigenvalue weighted by Gasteiger charge is 2.31. The zero-order valence-electron chi connectivity index (χ0n) is 19.7. The number of aromatic hydroxyl groups is 1. The molecule has 1 aliphatic rings. The van der Waals surface area contributed by atoms with Crippen LogP contribution in [0.25, 0.3) is 22.6 Å². The summed E-state index contributed by atoms with van der Waals surface area (Å²) in [5.74, 6) is 0.353. The molecule has 4 heterocycles. The van der Waals surface area contributed by atoms with Crippen LogP contribution in [0, 0.1) is 0 Å². The average molecular weight is 509 g/mol. The highest BCUT2D eigenvalue weighted by atomic mass is 32.2. The predicted octanol–water partition coefficient (Wildman–Crippen LogP) is 2.05. The van der Waals surface area contributed by atoms with Gasteiger partial charge in [-0.3, -0.25) is 14.3 Å². The summed E-state index contributed by atoms with van der Waals surface area (Å²) in [5.41, 5.74) is 1.96. The van der Waals surface area contributed by atoms with Gasteiger partial charge >= 0.3 is 0 Å². The summed E-state index contributed by atoms with van der Waals surface area (Å²) in [7, 11) is -3.34. The van der Waals surface area contributed by atoms with Crippen LogP contribution in [0.3, 0.4) is 0 Å². The van der Waals surface area contributed by atoms with Crippen molar-refractivity contribution in [1.82, 2.24) is 34.5 Å². The standard InChI is InChI=1S/C23H24N8O4S/c1-3-31-21-16(11-26-19(30-21)17-18(13-5-6-13)27-12-28-22(17)32)29-20(23(31)33)25-9-14-7-8-15(10-24-14)36(34,35)4-2/h7-8,10-13H,3-6,9H2,1-2H3,(H,25,29)(H,27,28,32). The van der Waals surface area contributed by atoms with Gasteiger partial charge < -0.3 is 10.4 Å². The first-order valence-corrected chi connectivity index (χ1v) is 13.2. The van der Waals surface area contributed by atoms with Gasteiger partial charge in [0.05, 0.1) is 34.8 Å². The number of aryl methyl sites for hydroxylation is 1. The maximum atomic E-state index is 13.2. The van der Waals surface area contributed by atoms with Gasteiger partial charge in [-0.2, -0.15) is 0 Å². The minimum Gasteiger partial charge on any atom is -0.493 e. The second-order valence-corrected chi connectivity index (χ2v) is 10.7. The summed E-state index contributed by atoms with van der Waals surface area (Å²) in [6.07, 6.45) is 6.07. The molecule has 0 radical (unpaired) electrons. The number of anilines is 1. The highest BCUT2D eigenvalue weighted by Crippen LogP contribution is 2.44. The molecule has 2 N–H and O–H groups in total. The second-order valence-electron chi connectivity index (χ2n) is 8.39. The van der Waals surface area contributed by atoms with E-state index in [1.165, 1.54) is 29.4 Å². The highest BCUT2D eigenvalue weighted by molar-refractivity contribution is 7.91. The van der Waals surface area contributed by atoms with Crippen LogP contribution in [0.2, 0.25) is 0 Å². The SMILES string of the molecule is CCn1c(=O)c(NCc2ccc(S(=O)(=O)CC)cn2)nc2cnc(-c3c(O)ncnc3C3CC3)nc21. The minimum atomic E-state index is -3.34. The molecule has 1 saturated carbocycles. The minimum absolute atomic E-state index is 0.00750. The Labute approximate surface area is 206 Å². The fraction of sp³-hybridized carbons (Fsp3) is 0.348. The van der Waals surface area contributed by atoms with E-state index < -0.39 is 9.84 Å². The Morgan fingerprint density at radius 1 is 1.08 bits per heavy atom. The van der Waals surface area contributed by atoms with Crippen molar-refractivity contribution in [3.8, 4) is 17.3 Å². The molecule has 5 rings (SSSR count). The molecule has 0 aliphatic heterocycles. The lowest BCUT2D eigenvalue weighted by Crippen LogP contribution is -2.26. The lowest BCUT2D eigenvalue weighted by atomic mass is 10.1. The van der Waals surface area contributed by atoms with Gasteiger partial charge in [0.15, 0.2) is 27.1 Å². The van der Waals surface area contributed by atoms with E-state index in [0.29, 0.717) is 34.7 Å². The summed E-state index contributed by atoms with van der Waals surface area (Å²) in [6, 6.07) is 3.09. The number of nitrogens with zero attached hydrogens (tertiary/aromatic N) is 7. The number of aromatic nitrogens is 7. The van der Waals surface area contributed by atoms with Crippen LogP contribution in [0.5, 0.6) is 5.88 Å². The van der Waals surface area contributed by atoms with Crippen molar-refractivity contribution in [2.24, 2.45) is 0 Å². The average Bonchev–Trinajstić information content (AvgIpc) is 3.73. The van der Waals surface area contributed by atoms with Gasteiger partial charge in [0, 0.05) is 18.7 Å². The fourth-order valence-electron chi connectivity index (χ4n) is 3.88. The quantitative estimate of drug-likeness (QED) is 0.357. The molecule has 0 amide bonds. The molecular weight excluding hydrogens is 484 g/mol. The number of nitrogens with one attached hydrogen (secondary N) is 1. The smallest absolute Gasteiger partial charge is 0.294 e. The largest absolute Gasteiger partial charge is 0.493 e. The van der Waals surface area contributed by atoms with Crippen LogP contribution >= 0.6 is 0 Å². The molecule has 12 nitrogen and oxygen atoms in total. The Morgan fingerprint density at radius 2 is 1.89 bits per heavy atom. The van der Waals surface area contributed by atoms with Gasteiger partial charge in [-0.25, -0.2) is 33.3 Å². The maximum absolute atomic E-state index is 13.2. The van der Waals surface area contributed by atoms with Crippen molar-refractivity contribution in [1.29, 1.82) is 0 Å². The molecule has 1 aliphatic carbocycles. The Balaban J connectivity index is 1.47. The summed E-state index contributed by atoms with van der Waals surface area (Å²) in [4.78, 5) is 39.1. The third-order valence-corrected chi connectivity index (χ3v) is 7.74. The van der Waals surface area contributed by atoms with E-state index in [1.807, 2.05) is 6.92 Å². The molecule has 36 heavy (non-hydrogen) atoms. The van der Waals surface area contributed by atoms with Crippen molar-refractivity contribution < 1.29 is 13.5 Å². The topological polar surface area (TPSA) is 166 Å². The van der Waals surface area contributed by atoms with Crippen molar-refractivity contribution in [2.45, 2.75) is 50.6 Å². The van der Waals surface area contributed by atoms with E-state index in [0.717, 1.165) is 12.8 Å². The molecule has 186 valence electrons. The first-order valence-electron chi connectivity index (χ1n) is 11.6. The molecule has 0 bridgehead atoms. The van der Waals surface area contributed by atoms with Crippen LogP contribution in [0.15, 0.2) is 40.5 Å². The molecule has 4 aromatic heterocycles. The molecule has 4 aromatic rings. The monoisotopic (exact) mass is 508 g/mol. The first-order chi connectivity index (χ1) is 17.3. The van der Waals surface area contributed by atoms with Gasteiger partial charge in [-0.1, -0.05) is 6.92 Å². The van der Waals surface area contributed by atoms with Crippen molar-refractivity contribution in [2.75, 3.05) is 11.1 Å².